The highest BCUT2D eigenvalue weighted by atomic mass is 32.2. The highest BCUT2D eigenvalue weighted by Crippen LogP contribution is 2.31. The molecule has 0 fully saturated rings. The highest BCUT2D eigenvalue weighted by Gasteiger charge is 2.33. The van der Waals surface area contributed by atoms with Crippen molar-refractivity contribution < 1.29 is 8.42 Å². The van der Waals surface area contributed by atoms with Crippen molar-refractivity contribution in [1.29, 1.82) is 0 Å². The fourth-order valence-electron chi connectivity index (χ4n) is 1.98. The molecule has 0 aromatic heterocycles. The Labute approximate surface area is 90.4 Å². The van der Waals surface area contributed by atoms with Gasteiger partial charge in [0.05, 0.1) is 10.1 Å². The van der Waals surface area contributed by atoms with Crippen molar-refractivity contribution in [3.05, 3.63) is 29.3 Å². The van der Waals surface area contributed by atoms with Crippen LogP contribution >= 0.6 is 0 Å². The molecule has 0 saturated heterocycles. The quantitative estimate of drug-likeness (QED) is 0.820. The lowest BCUT2D eigenvalue weighted by Crippen LogP contribution is -2.12. The van der Waals surface area contributed by atoms with Crippen LogP contribution in [0.25, 0.3) is 0 Å². The normalized spacial score (nSPS) is 22.7. The molecule has 1 aromatic carbocycles. The third kappa shape index (κ3) is 1.68. The Hall–Kier alpha value is -0.870. The van der Waals surface area contributed by atoms with E-state index in [1.54, 1.807) is 13.0 Å². The van der Waals surface area contributed by atoms with Gasteiger partial charge in [0.15, 0.2) is 9.84 Å². The van der Waals surface area contributed by atoms with Gasteiger partial charge in [-0.2, -0.15) is 0 Å². The topological polar surface area (TPSA) is 46.2 Å². The second-order valence-corrected chi connectivity index (χ2v) is 6.37. The SMILES string of the molecule is CNCc1ccc2c(c1)S(=O)(=O)C(C)C2. The van der Waals surface area contributed by atoms with Crippen molar-refractivity contribution in [2.75, 3.05) is 7.05 Å². The van der Waals surface area contributed by atoms with Crippen molar-refractivity contribution >= 4 is 9.84 Å². The molecular weight excluding hydrogens is 210 g/mol. The van der Waals surface area contributed by atoms with Gasteiger partial charge in [0.1, 0.15) is 0 Å². The molecule has 4 heteroatoms. The van der Waals surface area contributed by atoms with E-state index in [2.05, 4.69) is 5.32 Å². The lowest BCUT2D eigenvalue weighted by atomic mass is 10.1. The van der Waals surface area contributed by atoms with E-state index in [1.807, 2.05) is 19.2 Å². The van der Waals surface area contributed by atoms with Gasteiger partial charge >= 0.3 is 0 Å². The fraction of sp³-hybridized carbons (Fsp3) is 0.455. The number of fused-ring (bicyclic) bond motifs is 1. The van der Waals surface area contributed by atoms with Crippen LogP contribution in [0.2, 0.25) is 0 Å². The number of hydrogen-bond acceptors (Lipinski definition) is 3. The molecule has 82 valence electrons. The van der Waals surface area contributed by atoms with E-state index in [0.717, 1.165) is 11.1 Å². The predicted octanol–water partition coefficient (Wildman–Crippen LogP) is 1.12. The van der Waals surface area contributed by atoms with Crippen LogP contribution in [-0.4, -0.2) is 20.7 Å². The van der Waals surface area contributed by atoms with Gasteiger partial charge < -0.3 is 5.32 Å². The summed E-state index contributed by atoms with van der Waals surface area (Å²) in [7, 11) is -1.20. The van der Waals surface area contributed by atoms with Crippen LogP contribution in [0.5, 0.6) is 0 Å². The smallest absolute Gasteiger partial charge is 0.181 e. The number of hydrogen-bond donors (Lipinski definition) is 1. The first-order valence-electron chi connectivity index (χ1n) is 5.06. The van der Waals surface area contributed by atoms with E-state index in [-0.39, 0.29) is 5.25 Å². The summed E-state index contributed by atoms with van der Waals surface area (Å²) in [5.74, 6) is 0. The summed E-state index contributed by atoms with van der Waals surface area (Å²) in [5, 5.41) is 2.75. The molecule has 1 aliphatic heterocycles. The van der Waals surface area contributed by atoms with Crippen LogP contribution in [0, 0.1) is 0 Å². The maximum atomic E-state index is 11.9. The maximum Gasteiger partial charge on any atom is 0.181 e. The van der Waals surface area contributed by atoms with E-state index >= 15 is 0 Å². The standard InChI is InChI=1S/C11H15NO2S/c1-8-5-10-4-3-9(7-12-2)6-11(10)15(8,13)14/h3-4,6,8,12H,5,7H2,1-2H3. The number of sulfone groups is 1. The van der Waals surface area contributed by atoms with Crippen molar-refractivity contribution in [2.24, 2.45) is 0 Å². The van der Waals surface area contributed by atoms with Gasteiger partial charge in [-0.25, -0.2) is 8.42 Å². The number of benzene rings is 1. The summed E-state index contributed by atoms with van der Waals surface area (Å²) in [6.07, 6.45) is 0.650. The van der Waals surface area contributed by atoms with Crippen LogP contribution in [0.3, 0.4) is 0 Å². The van der Waals surface area contributed by atoms with Crippen molar-refractivity contribution in [3.63, 3.8) is 0 Å². The molecule has 0 amide bonds. The van der Waals surface area contributed by atoms with Crippen molar-refractivity contribution in [3.8, 4) is 0 Å². The first-order valence-corrected chi connectivity index (χ1v) is 6.60. The number of rotatable bonds is 2. The molecule has 3 nitrogen and oxygen atoms in total. The van der Waals surface area contributed by atoms with Crippen LogP contribution in [0.1, 0.15) is 18.1 Å². The van der Waals surface area contributed by atoms with Crippen LogP contribution < -0.4 is 5.32 Å². The molecule has 1 atom stereocenters. The molecule has 15 heavy (non-hydrogen) atoms. The minimum atomic E-state index is -3.05. The van der Waals surface area contributed by atoms with Crippen LogP contribution in [-0.2, 0) is 22.8 Å². The second kappa shape index (κ2) is 3.61. The molecular formula is C11H15NO2S. The Balaban J connectivity index is 2.50. The Bertz CT molecular complexity index is 479. The Kier molecular flexibility index (Phi) is 2.56. The molecule has 1 aromatic rings. The van der Waals surface area contributed by atoms with Gasteiger partial charge in [0.2, 0.25) is 0 Å². The fourth-order valence-corrected chi connectivity index (χ4v) is 3.65. The Morgan fingerprint density at radius 1 is 1.47 bits per heavy atom. The largest absolute Gasteiger partial charge is 0.316 e. The van der Waals surface area contributed by atoms with Gasteiger partial charge in [-0.3, -0.25) is 0 Å². The van der Waals surface area contributed by atoms with Crippen LogP contribution in [0.4, 0.5) is 0 Å². The van der Waals surface area contributed by atoms with Crippen molar-refractivity contribution in [1.82, 2.24) is 5.32 Å². The average Bonchev–Trinajstić information content (AvgIpc) is 2.40. The minimum absolute atomic E-state index is 0.266. The summed E-state index contributed by atoms with van der Waals surface area (Å²) < 4.78 is 23.8. The van der Waals surface area contributed by atoms with E-state index in [9.17, 15) is 8.42 Å². The second-order valence-electron chi connectivity index (χ2n) is 4.03. The van der Waals surface area contributed by atoms with Gasteiger partial charge in [-0.1, -0.05) is 12.1 Å². The van der Waals surface area contributed by atoms with E-state index < -0.39 is 9.84 Å². The zero-order chi connectivity index (χ0) is 11.1. The summed E-state index contributed by atoms with van der Waals surface area (Å²) >= 11 is 0. The molecule has 0 spiro atoms. The number of nitrogens with one attached hydrogen (secondary N) is 1. The molecule has 0 radical (unpaired) electrons. The maximum absolute atomic E-state index is 11.9. The molecule has 0 aliphatic carbocycles. The molecule has 0 bridgehead atoms. The zero-order valence-corrected chi connectivity index (χ0v) is 9.76. The van der Waals surface area contributed by atoms with Gasteiger partial charge in [-0.05, 0) is 37.6 Å². The Morgan fingerprint density at radius 2 is 2.20 bits per heavy atom. The third-order valence-corrected chi connectivity index (χ3v) is 5.08. The molecule has 1 N–H and O–H groups in total. The van der Waals surface area contributed by atoms with E-state index in [1.165, 1.54) is 0 Å². The van der Waals surface area contributed by atoms with E-state index in [0.29, 0.717) is 17.9 Å². The van der Waals surface area contributed by atoms with Gasteiger partial charge in [-0.15, -0.1) is 0 Å². The third-order valence-electron chi connectivity index (χ3n) is 2.86. The van der Waals surface area contributed by atoms with Gasteiger partial charge in [0, 0.05) is 6.54 Å². The molecule has 1 aliphatic rings. The predicted molar refractivity (Wildman–Crippen MR) is 59.6 cm³/mol. The first-order chi connectivity index (χ1) is 7.05. The minimum Gasteiger partial charge on any atom is -0.316 e. The lowest BCUT2D eigenvalue weighted by Gasteiger charge is -2.04. The first kappa shape index (κ1) is 10.6. The van der Waals surface area contributed by atoms with Gasteiger partial charge in [0.25, 0.3) is 0 Å². The lowest BCUT2D eigenvalue weighted by molar-refractivity contribution is 0.590. The molecule has 2 rings (SSSR count). The highest BCUT2D eigenvalue weighted by molar-refractivity contribution is 7.92. The summed E-state index contributed by atoms with van der Waals surface area (Å²) in [6, 6.07) is 5.72. The average molecular weight is 225 g/mol. The molecule has 0 saturated carbocycles. The Morgan fingerprint density at radius 3 is 2.87 bits per heavy atom. The summed E-state index contributed by atoms with van der Waals surface area (Å²) in [4.78, 5) is 0.530. The van der Waals surface area contributed by atoms with Crippen molar-refractivity contribution in [2.45, 2.75) is 30.0 Å². The molecule has 1 unspecified atom stereocenters. The van der Waals surface area contributed by atoms with E-state index in [4.69, 9.17) is 0 Å². The zero-order valence-electron chi connectivity index (χ0n) is 8.95. The molecule has 1 heterocycles. The summed E-state index contributed by atoms with van der Waals surface area (Å²) in [5.41, 5.74) is 1.98. The van der Waals surface area contributed by atoms with Crippen LogP contribution in [0.15, 0.2) is 23.1 Å². The monoisotopic (exact) mass is 225 g/mol. The summed E-state index contributed by atoms with van der Waals surface area (Å²) in [6.45, 7) is 2.48.